The fraction of sp³-hybridized carbons (Fsp3) is 0.300. The summed E-state index contributed by atoms with van der Waals surface area (Å²) in [5, 5.41) is 6.87. The second-order valence-corrected chi connectivity index (χ2v) is 7.67. The van der Waals surface area contributed by atoms with E-state index in [2.05, 4.69) is 10.6 Å². The topological polar surface area (TPSA) is 67.4 Å². The summed E-state index contributed by atoms with van der Waals surface area (Å²) >= 11 is 12.6. The van der Waals surface area contributed by atoms with Crippen molar-refractivity contribution in [3.8, 4) is 0 Å². The Balaban J connectivity index is 2.01. The molecule has 0 aromatic heterocycles. The van der Waals surface area contributed by atoms with E-state index in [0.29, 0.717) is 21.3 Å². The number of carbonyl (C=O) groups excluding carboxylic acids is 2. The molecule has 140 valence electrons. The Morgan fingerprint density at radius 2 is 1.85 bits per heavy atom. The Morgan fingerprint density at radius 3 is 2.56 bits per heavy atom. The van der Waals surface area contributed by atoms with Crippen LogP contribution >= 0.6 is 23.2 Å². The summed E-state index contributed by atoms with van der Waals surface area (Å²) in [5.74, 6) is -0.806. The number of nitrogens with one attached hydrogen (secondary N) is 2. The highest BCUT2D eigenvalue weighted by Crippen LogP contribution is 2.54. The lowest BCUT2D eigenvalue weighted by molar-refractivity contribution is -0.127. The molecule has 1 fully saturated rings. The number of halogens is 2. The molecule has 0 aliphatic carbocycles. The molecule has 4 rings (SSSR count). The predicted octanol–water partition coefficient (Wildman–Crippen LogP) is 3.50. The first-order valence-electron chi connectivity index (χ1n) is 8.64. The molecule has 2 aliphatic heterocycles. The van der Waals surface area contributed by atoms with Gasteiger partial charge in [0.25, 0.3) is 0 Å². The molecule has 0 bridgehead atoms. The largest absolute Gasteiger partial charge is 0.378 e. The minimum Gasteiger partial charge on any atom is -0.378 e. The highest BCUT2D eigenvalue weighted by atomic mass is 35.5. The number of ether oxygens (including phenoxy) is 1. The van der Waals surface area contributed by atoms with Crippen LogP contribution in [0.15, 0.2) is 42.5 Å². The first-order chi connectivity index (χ1) is 13.0. The third-order valence-corrected chi connectivity index (χ3v) is 6.11. The summed E-state index contributed by atoms with van der Waals surface area (Å²) < 4.78 is 5.75. The van der Waals surface area contributed by atoms with Gasteiger partial charge in [0.15, 0.2) is 0 Å². The number of methoxy groups -OCH3 is 1. The van der Waals surface area contributed by atoms with E-state index in [4.69, 9.17) is 27.9 Å². The van der Waals surface area contributed by atoms with E-state index in [1.807, 2.05) is 18.2 Å². The van der Waals surface area contributed by atoms with Crippen LogP contribution in [-0.2, 0) is 19.7 Å². The zero-order chi connectivity index (χ0) is 19.2. The second-order valence-electron chi connectivity index (χ2n) is 6.82. The second kappa shape index (κ2) is 6.82. The van der Waals surface area contributed by atoms with Crippen molar-refractivity contribution in [2.24, 2.45) is 0 Å². The Bertz CT molecular complexity index is 916. The van der Waals surface area contributed by atoms with E-state index in [-0.39, 0.29) is 24.8 Å². The number of rotatable bonds is 2. The molecule has 3 atom stereocenters. The van der Waals surface area contributed by atoms with Crippen LogP contribution in [0.1, 0.15) is 23.5 Å². The quantitative estimate of drug-likeness (QED) is 0.804. The van der Waals surface area contributed by atoms with Gasteiger partial charge in [0.1, 0.15) is 5.41 Å². The average Bonchev–Trinajstić information content (AvgIpc) is 2.85. The Kier molecular flexibility index (Phi) is 4.62. The standard InChI is InChI=1S/C20H18Cl2N2O3/c1-27-16-10-23-17(25)9-13(11-5-7-12(21)8-6-11)20(16)18-14(22)3-2-4-15(18)24-19(20)26/h2-8,13,16H,9-10H2,1H3,(H,23,25)(H,24,26)/t13-,16-,20-/m0/s1. The van der Waals surface area contributed by atoms with Crippen LogP contribution in [0.3, 0.4) is 0 Å². The number of carbonyl (C=O) groups is 2. The van der Waals surface area contributed by atoms with E-state index < -0.39 is 17.4 Å². The molecule has 0 saturated carbocycles. The van der Waals surface area contributed by atoms with Crippen molar-refractivity contribution in [3.63, 3.8) is 0 Å². The minimum absolute atomic E-state index is 0.137. The van der Waals surface area contributed by atoms with Gasteiger partial charge < -0.3 is 15.4 Å². The van der Waals surface area contributed by atoms with Gasteiger partial charge in [0, 0.05) is 47.3 Å². The fourth-order valence-electron chi connectivity index (χ4n) is 4.38. The molecule has 27 heavy (non-hydrogen) atoms. The summed E-state index contributed by atoms with van der Waals surface area (Å²) in [6.07, 6.45) is -0.440. The number of amides is 2. The highest BCUT2D eigenvalue weighted by molar-refractivity contribution is 6.33. The van der Waals surface area contributed by atoms with Crippen LogP contribution in [0.25, 0.3) is 0 Å². The lowest BCUT2D eigenvalue weighted by Gasteiger charge is -2.39. The van der Waals surface area contributed by atoms with Crippen molar-refractivity contribution in [3.05, 3.63) is 63.6 Å². The Morgan fingerprint density at radius 1 is 1.11 bits per heavy atom. The van der Waals surface area contributed by atoms with Gasteiger partial charge in [0.2, 0.25) is 11.8 Å². The van der Waals surface area contributed by atoms with Crippen molar-refractivity contribution in [2.75, 3.05) is 19.0 Å². The number of hydrogen-bond donors (Lipinski definition) is 2. The van der Waals surface area contributed by atoms with Gasteiger partial charge in [-0.15, -0.1) is 0 Å². The van der Waals surface area contributed by atoms with Crippen molar-refractivity contribution in [1.82, 2.24) is 5.32 Å². The third-order valence-electron chi connectivity index (χ3n) is 5.54. The molecule has 2 N–H and O–H groups in total. The molecule has 2 amide bonds. The van der Waals surface area contributed by atoms with Gasteiger partial charge >= 0.3 is 0 Å². The van der Waals surface area contributed by atoms with Crippen molar-refractivity contribution in [1.29, 1.82) is 0 Å². The van der Waals surface area contributed by atoms with Gasteiger partial charge in [-0.05, 0) is 29.8 Å². The molecule has 0 radical (unpaired) electrons. The zero-order valence-electron chi connectivity index (χ0n) is 14.6. The number of hydrogen-bond acceptors (Lipinski definition) is 3. The number of anilines is 1. The Hall–Kier alpha value is -2.08. The van der Waals surface area contributed by atoms with Crippen LogP contribution in [-0.4, -0.2) is 31.6 Å². The molecule has 2 aromatic rings. The third kappa shape index (κ3) is 2.73. The lowest BCUT2D eigenvalue weighted by atomic mass is 9.64. The Labute approximate surface area is 167 Å². The smallest absolute Gasteiger partial charge is 0.238 e. The van der Waals surface area contributed by atoms with Gasteiger partial charge in [-0.2, -0.15) is 0 Å². The van der Waals surface area contributed by atoms with Gasteiger partial charge in [-0.3, -0.25) is 9.59 Å². The molecular formula is C20H18Cl2N2O3. The van der Waals surface area contributed by atoms with Crippen LogP contribution in [0.5, 0.6) is 0 Å². The van der Waals surface area contributed by atoms with E-state index in [1.165, 1.54) is 0 Å². The van der Waals surface area contributed by atoms with E-state index in [0.717, 1.165) is 5.56 Å². The van der Waals surface area contributed by atoms with Crippen molar-refractivity contribution in [2.45, 2.75) is 23.9 Å². The maximum absolute atomic E-state index is 13.4. The van der Waals surface area contributed by atoms with Gasteiger partial charge in [0.05, 0.1) is 6.10 Å². The molecule has 1 saturated heterocycles. The molecule has 2 aromatic carbocycles. The predicted molar refractivity (Wildman–Crippen MR) is 104 cm³/mol. The van der Waals surface area contributed by atoms with Crippen LogP contribution in [0.2, 0.25) is 10.0 Å². The van der Waals surface area contributed by atoms with E-state index >= 15 is 0 Å². The molecule has 7 heteroatoms. The summed E-state index contributed by atoms with van der Waals surface area (Å²) in [6, 6.07) is 12.6. The maximum Gasteiger partial charge on any atom is 0.238 e. The average molecular weight is 405 g/mol. The molecule has 2 aliphatic rings. The molecular weight excluding hydrogens is 387 g/mol. The normalized spacial score (nSPS) is 27.1. The summed E-state index contributed by atoms with van der Waals surface area (Å²) in [5.41, 5.74) is 1.04. The summed E-state index contributed by atoms with van der Waals surface area (Å²) in [4.78, 5) is 25.9. The monoisotopic (exact) mass is 404 g/mol. The van der Waals surface area contributed by atoms with Crippen LogP contribution < -0.4 is 10.6 Å². The van der Waals surface area contributed by atoms with Gasteiger partial charge in [-0.25, -0.2) is 0 Å². The number of benzene rings is 2. The first kappa shape index (κ1) is 18.3. The molecule has 5 nitrogen and oxygen atoms in total. The van der Waals surface area contributed by atoms with Crippen LogP contribution in [0.4, 0.5) is 5.69 Å². The SMILES string of the molecule is CO[C@H]1CNC(=O)C[C@@H](c2ccc(Cl)cc2)[C@]12C(=O)Nc1cccc(Cl)c12. The van der Waals surface area contributed by atoms with Crippen LogP contribution in [0, 0.1) is 0 Å². The molecule has 0 unspecified atom stereocenters. The summed E-state index contributed by atoms with van der Waals surface area (Å²) in [6.45, 7) is 0.220. The maximum atomic E-state index is 13.4. The zero-order valence-corrected chi connectivity index (χ0v) is 16.1. The molecule has 2 heterocycles. The fourth-order valence-corrected chi connectivity index (χ4v) is 4.84. The highest BCUT2D eigenvalue weighted by Gasteiger charge is 2.60. The molecule has 1 spiro atoms. The lowest BCUT2D eigenvalue weighted by Crippen LogP contribution is -2.52. The van der Waals surface area contributed by atoms with Gasteiger partial charge in [-0.1, -0.05) is 41.4 Å². The van der Waals surface area contributed by atoms with E-state index in [9.17, 15) is 9.59 Å². The van der Waals surface area contributed by atoms with Crippen molar-refractivity contribution >= 4 is 40.7 Å². The first-order valence-corrected chi connectivity index (χ1v) is 9.39. The van der Waals surface area contributed by atoms with Crippen molar-refractivity contribution < 1.29 is 14.3 Å². The minimum atomic E-state index is -1.13. The van der Waals surface area contributed by atoms with E-state index in [1.54, 1.807) is 31.4 Å². The number of fused-ring (bicyclic) bond motifs is 2. The summed E-state index contributed by atoms with van der Waals surface area (Å²) in [7, 11) is 1.55.